The standard InChI is InChI=1S/C29H33N3O8/c33-11-12-36-13-14-37-27-17-20(19-5-6-24-25(15-19)39-18-38-24)16-26(40-27)28(34)31-9-7-21(8-10-31)32-23-4-2-1-3-22(23)30-29(32)35/h1-6,15-16,20-21,27,33H,7-14,17-18H2,(H,30,35)/t20-,27+/m1/s1. The number of benzene rings is 2. The Morgan fingerprint density at radius 2 is 1.88 bits per heavy atom. The van der Waals surface area contributed by atoms with E-state index < -0.39 is 6.29 Å². The van der Waals surface area contributed by atoms with Crippen LogP contribution in [-0.2, 0) is 19.0 Å². The molecule has 1 aromatic heterocycles. The molecular weight excluding hydrogens is 518 g/mol. The highest BCUT2D eigenvalue weighted by atomic mass is 16.7. The Morgan fingerprint density at radius 1 is 1.05 bits per heavy atom. The molecule has 2 atom stereocenters. The number of nitrogens with one attached hydrogen (secondary N) is 1. The fourth-order valence-electron chi connectivity index (χ4n) is 5.61. The van der Waals surface area contributed by atoms with Gasteiger partial charge in [0, 0.05) is 31.5 Å². The highest BCUT2D eigenvalue weighted by Crippen LogP contribution is 2.39. The molecule has 4 heterocycles. The SMILES string of the molecule is O=C(C1=C[C@@H](c2ccc3c(c2)OCO3)C[C@@H](OCCOCCO)O1)N1CCC(n2c(=O)[nH]c3ccccc32)CC1. The van der Waals surface area contributed by atoms with Crippen LogP contribution in [0, 0.1) is 0 Å². The van der Waals surface area contributed by atoms with Crippen molar-refractivity contribution in [3.63, 3.8) is 0 Å². The zero-order chi connectivity index (χ0) is 27.5. The molecule has 1 saturated heterocycles. The molecule has 2 aromatic carbocycles. The number of fused-ring (bicyclic) bond motifs is 2. The lowest BCUT2D eigenvalue weighted by atomic mass is 9.92. The normalized spacial score (nSPS) is 20.9. The second kappa shape index (κ2) is 11.7. The number of aromatic nitrogens is 2. The fraction of sp³-hybridized carbons (Fsp3) is 0.448. The summed E-state index contributed by atoms with van der Waals surface area (Å²) in [5.41, 5.74) is 2.54. The first-order chi connectivity index (χ1) is 19.6. The van der Waals surface area contributed by atoms with Gasteiger partial charge in [-0.3, -0.25) is 9.36 Å². The number of nitrogens with zero attached hydrogens (tertiary/aromatic N) is 2. The number of likely N-dealkylation sites (tertiary alicyclic amines) is 1. The Balaban J connectivity index is 1.16. The summed E-state index contributed by atoms with van der Waals surface area (Å²) in [6.45, 7) is 1.95. The molecule has 11 heteroatoms. The van der Waals surface area contributed by atoms with Crippen LogP contribution in [0.4, 0.5) is 0 Å². The molecule has 212 valence electrons. The van der Waals surface area contributed by atoms with Gasteiger partial charge < -0.3 is 38.7 Å². The lowest BCUT2D eigenvalue weighted by Gasteiger charge is -2.35. The third-order valence-corrected chi connectivity index (χ3v) is 7.60. The molecule has 3 aliphatic heterocycles. The van der Waals surface area contributed by atoms with Crippen LogP contribution in [0.15, 0.2) is 59.1 Å². The van der Waals surface area contributed by atoms with Gasteiger partial charge in [0.1, 0.15) is 0 Å². The Hall–Kier alpha value is -3.80. The summed E-state index contributed by atoms with van der Waals surface area (Å²) in [6.07, 6.45) is 3.06. The number of H-pyrrole nitrogens is 1. The van der Waals surface area contributed by atoms with Gasteiger partial charge in [-0.05, 0) is 48.7 Å². The number of ether oxygens (including phenoxy) is 5. The Labute approximate surface area is 230 Å². The first-order valence-electron chi connectivity index (χ1n) is 13.7. The zero-order valence-electron chi connectivity index (χ0n) is 22.1. The number of hydrogen-bond acceptors (Lipinski definition) is 8. The van der Waals surface area contributed by atoms with Crippen LogP contribution in [0.1, 0.15) is 36.8 Å². The maximum absolute atomic E-state index is 13.7. The van der Waals surface area contributed by atoms with Crippen LogP contribution >= 0.6 is 0 Å². The number of amides is 1. The van der Waals surface area contributed by atoms with E-state index in [1.807, 2.05) is 53.1 Å². The van der Waals surface area contributed by atoms with Gasteiger partial charge in [0.15, 0.2) is 17.3 Å². The number of piperidine rings is 1. The van der Waals surface area contributed by atoms with E-state index in [0.29, 0.717) is 50.5 Å². The Morgan fingerprint density at radius 3 is 2.73 bits per heavy atom. The number of aliphatic hydroxyl groups is 1. The summed E-state index contributed by atoms with van der Waals surface area (Å²) in [5, 5.41) is 8.91. The largest absolute Gasteiger partial charge is 0.459 e. The molecule has 0 aliphatic carbocycles. The molecule has 1 amide bonds. The maximum atomic E-state index is 13.7. The van der Waals surface area contributed by atoms with E-state index in [1.54, 1.807) is 4.90 Å². The van der Waals surface area contributed by atoms with Gasteiger partial charge in [-0.2, -0.15) is 0 Å². The molecule has 40 heavy (non-hydrogen) atoms. The molecule has 3 aliphatic rings. The van der Waals surface area contributed by atoms with Crippen LogP contribution in [0.3, 0.4) is 0 Å². The number of aromatic amines is 1. The molecule has 0 unspecified atom stereocenters. The van der Waals surface area contributed by atoms with E-state index in [2.05, 4.69) is 4.98 Å². The van der Waals surface area contributed by atoms with Crippen molar-refractivity contribution in [2.24, 2.45) is 0 Å². The minimum atomic E-state index is -0.639. The van der Waals surface area contributed by atoms with Crippen LogP contribution in [0.25, 0.3) is 11.0 Å². The van der Waals surface area contributed by atoms with Gasteiger partial charge in [0.25, 0.3) is 5.91 Å². The lowest BCUT2D eigenvalue weighted by Crippen LogP contribution is -2.42. The fourth-order valence-corrected chi connectivity index (χ4v) is 5.61. The molecule has 0 spiro atoms. The monoisotopic (exact) mass is 551 g/mol. The minimum Gasteiger partial charge on any atom is -0.459 e. The molecule has 0 radical (unpaired) electrons. The van der Waals surface area contributed by atoms with Gasteiger partial charge in [-0.25, -0.2) is 4.79 Å². The van der Waals surface area contributed by atoms with E-state index in [4.69, 9.17) is 28.8 Å². The second-order valence-electron chi connectivity index (χ2n) is 10.1. The summed E-state index contributed by atoms with van der Waals surface area (Å²) in [4.78, 5) is 31.0. The van der Waals surface area contributed by atoms with Crippen molar-refractivity contribution in [1.29, 1.82) is 0 Å². The topological polar surface area (TPSA) is 124 Å². The highest BCUT2D eigenvalue weighted by molar-refractivity contribution is 5.92. The lowest BCUT2D eigenvalue weighted by molar-refractivity contribution is -0.157. The van der Waals surface area contributed by atoms with E-state index in [-0.39, 0.29) is 55.9 Å². The van der Waals surface area contributed by atoms with Gasteiger partial charge in [-0.15, -0.1) is 0 Å². The van der Waals surface area contributed by atoms with Crippen LogP contribution < -0.4 is 15.2 Å². The predicted molar refractivity (Wildman–Crippen MR) is 144 cm³/mol. The summed E-state index contributed by atoms with van der Waals surface area (Å²) in [5.74, 6) is 1.29. The molecule has 0 saturated carbocycles. The van der Waals surface area contributed by atoms with Gasteiger partial charge in [0.05, 0.1) is 37.5 Å². The van der Waals surface area contributed by atoms with Gasteiger partial charge in [0.2, 0.25) is 13.1 Å². The average molecular weight is 552 g/mol. The van der Waals surface area contributed by atoms with E-state index in [0.717, 1.165) is 16.6 Å². The van der Waals surface area contributed by atoms with Crippen molar-refractivity contribution in [2.75, 3.05) is 46.3 Å². The van der Waals surface area contributed by atoms with Crippen LogP contribution in [-0.4, -0.2) is 78.1 Å². The smallest absolute Gasteiger partial charge is 0.326 e. The van der Waals surface area contributed by atoms with E-state index >= 15 is 0 Å². The first kappa shape index (κ1) is 26.4. The third kappa shape index (κ3) is 5.45. The minimum absolute atomic E-state index is 0.00494. The van der Waals surface area contributed by atoms with Crippen molar-refractivity contribution in [1.82, 2.24) is 14.5 Å². The average Bonchev–Trinajstić information content (AvgIpc) is 3.59. The third-order valence-electron chi connectivity index (χ3n) is 7.60. The van der Waals surface area contributed by atoms with Crippen molar-refractivity contribution >= 4 is 16.9 Å². The molecule has 2 N–H and O–H groups in total. The maximum Gasteiger partial charge on any atom is 0.326 e. The van der Waals surface area contributed by atoms with Crippen molar-refractivity contribution in [3.05, 3.63) is 70.3 Å². The number of carbonyl (C=O) groups is 1. The molecule has 11 nitrogen and oxygen atoms in total. The molecule has 6 rings (SSSR count). The number of carbonyl (C=O) groups excluding carboxylic acids is 1. The summed E-state index contributed by atoms with van der Waals surface area (Å²) in [7, 11) is 0. The van der Waals surface area contributed by atoms with E-state index in [1.165, 1.54) is 0 Å². The number of rotatable bonds is 9. The van der Waals surface area contributed by atoms with Crippen molar-refractivity contribution in [3.8, 4) is 11.5 Å². The van der Waals surface area contributed by atoms with E-state index in [9.17, 15) is 9.59 Å². The Kier molecular flexibility index (Phi) is 7.76. The van der Waals surface area contributed by atoms with Gasteiger partial charge in [-0.1, -0.05) is 18.2 Å². The van der Waals surface area contributed by atoms with Crippen molar-refractivity contribution < 1.29 is 33.6 Å². The molecule has 3 aromatic rings. The number of imidazole rings is 1. The molecular formula is C29H33N3O8. The highest BCUT2D eigenvalue weighted by Gasteiger charge is 2.34. The first-order valence-corrected chi connectivity index (χ1v) is 13.7. The van der Waals surface area contributed by atoms with Gasteiger partial charge >= 0.3 is 5.69 Å². The number of aliphatic hydroxyl groups excluding tert-OH is 1. The summed E-state index contributed by atoms with van der Waals surface area (Å²) in [6, 6.07) is 13.4. The van der Waals surface area contributed by atoms with Crippen LogP contribution in [0.5, 0.6) is 11.5 Å². The number of hydrogen-bond donors (Lipinski definition) is 2. The van der Waals surface area contributed by atoms with Crippen molar-refractivity contribution in [2.45, 2.75) is 37.5 Å². The number of para-hydroxylation sites is 2. The van der Waals surface area contributed by atoms with Crippen LogP contribution in [0.2, 0.25) is 0 Å². The summed E-state index contributed by atoms with van der Waals surface area (Å²) < 4.78 is 30.1. The Bertz CT molecular complexity index is 1440. The second-order valence-corrected chi connectivity index (χ2v) is 10.1. The quantitative estimate of drug-likeness (QED) is 0.389. The predicted octanol–water partition coefficient (Wildman–Crippen LogP) is 2.66. The molecule has 0 bridgehead atoms. The number of allylic oxidation sites excluding steroid dienone is 1. The zero-order valence-corrected chi connectivity index (χ0v) is 22.1. The molecule has 1 fully saturated rings. The summed E-state index contributed by atoms with van der Waals surface area (Å²) >= 11 is 0.